The van der Waals surface area contributed by atoms with E-state index in [2.05, 4.69) is 12.1 Å². The average molecular weight is 353 g/mol. The van der Waals surface area contributed by atoms with Crippen LogP contribution in [0, 0.1) is 6.92 Å². The number of benzene rings is 1. The predicted octanol–water partition coefficient (Wildman–Crippen LogP) is 3.37. The predicted molar refractivity (Wildman–Crippen MR) is 100 cm³/mol. The molecule has 3 aromatic rings. The molecule has 6 heteroatoms. The Morgan fingerprint density at radius 3 is 2.58 bits per heavy atom. The number of nitrogens with zero attached hydrogens (tertiary/aromatic N) is 3. The van der Waals surface area contributed by atoms with Crippen LogP contribution in [-0.2, 0) is 18.3 Å². The van der Waals surface area contributed by atoms with Crippen molar-refractivity contribution in [1.82, 2.24) is 14.6 Å². The van der Waals surface area contributed by atoms with E-state index in [1.807, 2.05) is 42.8 Å². The van der Waals surface area contributed by atoms with Gasteiger partial charge in [-0.2, -0.15) is 0 Å². The van der Waals surface area contributed by atoms with Gasteiger partial charge in [-0.15, -0.1) is 0 Å². The summed E-state index contributed by atoms with van der Waals surface area (Å²) < 4.78 is 7.37. The Kier molecular flexibility index (Phi) is 4.68. The molecule has 0 N–H and O–H groups in total. The molecular formula is C20H23N3O3. The highest BCUT2D eigenvalue weighted by Crippen LogP contribution is 2.37. The fourth-order valence-electron chi connectivity index (χ4n) is 3.35. The maximum absolute atomic E-state index is 13.1. The third-order valence-corrected chi connectivity index (χ3v) is 4.59. The Labute approximate surface area is 152 Å². The zero-order chi connectivity index (χ0) is 19.0. The fourth-order valence-corrected chi connectivity index (χ4v) is 3.35. The number of amides is 1. The lowest BCUT2D eigenvalue weighted by atomic mass is 9.98. The summed E-state index contributed by atoms with van der Waals surface area (Å²) in [5, 5.41) is 4.94. The minimum Gasteiger partial charge on any atom is -0.361 e. The molecule has 1 aromatic carbocycles. The third kappa shape index (κ3) is 2.71. The molecule has 6 nitrogen and oxygen atoms in total. The van der Waals surface area contributed by atoms with Gasteiger partial charge in [0.05, 0.1) is 22.5 Å². The number of aryl methyl sites for hydroxylation is 3. The van der Waals surface area contributed by atoms with Crippen molar-refractivity contribution in [1.29, 1.82) is 0 Å². The summed E-state index contributed by atoms with van der Waals surface area (Å²) in [4.78, 5) is 26.8. The van der Waals surface area contributed by atoms with Crippen molar-refractivity contribution in [3.8, 4) is 11.3 Å². The quantitative estimate of drug-likeness (QED) is 0.521. The standard InChI is InChI=1S/C20H23N3O3/c1-6-9-14-16(12(2)26-21-14)18-17(19(24)20(25)22(3)4)13-10-7-8-11-15(13)23(18)5/h7-8,10-11H,6,9H2,1-5H3. The second-order valence-electron chi connectivity index (χ2n) is 6.64. The van der Waals surface area contributed by atoms with Gasteiger partial charge in [-0.05, 0) is 19.4 Å². The second-order valence-corrected chi connectivity index (χ2v) is 6.64. The minimum absolute atomic E-state index is 0.408. The lowest BCUT2D eigenvalue weighted by Crippen LogP contribution is -2.30. The van der Waals surface area contributed by atoms with Gasteiger partial charge in [0.15, 0.2) is 0 Å². The van der Waals surface area contributed by atoms with E-state index in [0.29, 0.717) is 17.0 Å². The molecule has 0 spiro atoms. The van der Waals surface area contributed by atoms with Crippen LogP contribution in [0.5, 0.6) is 0 Å². The molecule has 2 aromatic heterocycles. The van der Waals surface area contributed by atoms with Crippen LogP contribution < -0.4 is 0 Å². The summed E-state index contributed by atoms with van der Waals surface area (Å²) in [6, 6.07) is 7.60. The monoisotopic (exact) mass is 353 g/mol. The maximum Gasteiger partial charge on any atom is 0.294 e. The molecule has 2 heterocycles. The van der Waals surface area contributed by atoms with Gasteiger partial charge in [0.2, 0.25) is 0 Å². The molecule has 0 atom stereocenters. The van der Waals surface area contributed by atoms with E-state index >= 15 is 0 Å². The Hall–Kier alpha value is -2.89. The number of hydrogen-bond acceptors (Lipinski definition) is 4. The van der Waals surface area contributed by atoms with Crippen LogP contribution in [0.3, 0.4) is 0 Å². The highest BCUT2D eigenvalue weighted by molar-refractivity contribution is 6.46. The lowest BCUT2D eigenvalue weighted by molar-refractivity contribution is -0.124. The number of carbonyl (C=O) groups is 2. The van der Waals surface area contributed by atoms with Crippen molar-refractivity contribution >= 4 is 22.6 Å². The van der Waals surface area contributed by atoms with E-state index in [-0.39, 0.29) is 0 Å². The van der Waals surface area contributed by atoms with E-state index in [1.165, 1.54) is 4.90 Å². The van der Waals surface area contributed by atoms with E-state index in [1.54, 1.807) is 14.1 Å². The van der Waals surface area contributed by atoms with Crippen LogP contribution in [-0.4, -0.2) is 40.4 Å². The fraction of sp³-hybridized carbons (Fsp3) is 0.350. The van der Waals surface area contributed by atoms with Crippen LogP contribution in [0.25, 0.3) is 22.2 Å². The number of fused-ring (bicyclic) bond motifs is 1. The molecule has 0 saturated heterocycles. The maximum atomic E-state index is 13.1. The summed E-state index contributed by atoms with van der Waals surface area (Å²) in [7, 11) is 5.06. The number of rotatable bonds is 5. The molecule has 0 bridgehead atoms. The van der Waals surface area contributed by atoms with Crippen LogP contribution in [0.4, 0.5) is 0 Å². The zero-order valence-corrected chi connectivity index (χ0v) is 15.8. The zero-order valence-electron chi connectivity index (χ0n) is 15.8. The average Bonchev–Trinajstić information content (AvgIpc) is 3.11. The van der Waals surface area contributed by atoms with Crippen LogP contribution in [0.2, 0.25) is 0 Å². The SMILES string of the molecule is CCCc1noc(C)c1-c1c(C(=O)C(=O)N(C)C)c2ccccc2n1C. The molecule has 0 saturated carbocycles. The van der Waals surface area contributed by atoms with Gasteiger partial charge >= 0.3 is 0 Å². The normalized spacial score (nSPS) is 11.1. The highest BCUT2D eigenvalue weighted by Gasteiger charge is 2.30. The summed E-state index contributed by atoms with van der Waals surface area (Å²) in [6.45, 7) is 3.90. The van der Waals surface area contributed by atoms with E-state index in [0.717, 1.165) is 35.0 Å². The smallest absolute Gasteiger partial charge is 0.294 e. The molecule has 0 radical (unpaired) electrons. The van der Waals surface area contributed by atoms with E-state index in [4.69, 9.17) is 4.52 Å². The number of Topliss-reactive ketones (excluding diaryl/α,β-unsaturated/α-hetero) is 1. The molecule has 0 unspecified atom stereocenters. The first-order valence-electron chi connectivity index (χ1n) is 8.67. The second kappa shape index (κ2) is 6.78. The van der Waals surface area contributed by atoms with Gasteiger partial charge < -0.3 is 14.0 Å². The molecule has 0 aliphatic heterocycles. The minimum atomic E-state index is -0.547. The molecule has 1 amide bonds. The van der Waals surface area contributed by atoms with Crippen LogP contribution in [0.1, 0.15) is 35.2 Å². The topological polar surface area (TPSA) is 68.3 Å². The van der Waals surface area contributed by atoms with Crippen molar-refractivity contribution in [2.24, 2.45) is 7.05 Å². The molecule has 0 fully saturated rings. The van der Waals surface area contributed by atoms with Crippen molar-refractivity contribution in [3.05, 3.63) is 41.3 Å². The molecule has 0 aliphatic rings. The van der Waals surface area contributed by atoms with Crippen LogP contribution >= 0.6 is 0 Å². The molecule has 26 heavy (non-hydrogen) atoms. The summed E-state index contributed by atoms with van der Waals surface area (Å²) >= 11 is 0. The van der Waals surface area contributed by atoms with Gasteiger partial charge in [0.1, 0.15) is 5.76 Å². The van der Waals surface area contributed by atoms with Crippen molar-refractivity contribution in [2.45, 2.75) is 26.7 Å². The van der Waals surface area contributed by atoms with Gasteiger partial charge in [0, 0.05) is 32.0 Å². The molecule has 3 rings (SSSR count). The Balaban J connectivity index is 2.38. The van der Waals surface area contributed by atoms with Crippen molar-refractivity contribution < 1.29 is 14.1 Å². The highest BCUT2D eigenvalue weighted by atomic mass is 16.5. The number of ketones is 1. The number of aromatic nitrogens is 2. The first kappa shape index (κ1) is 17.9. The number of para-hydroxylation sites is 1. The Morgan fingerprint density at radius 2 is 1.92 bits per heavy atom. The Morgan fingerprint density at radius 1 is 1.23 bits per heavy atom. The number of hydrogen-bond donors (Lipinski definition) is 0. The van der Waals surface area contributed by atoms with Crippen molar-refractivity contribution in [2.75, 3.05) is 14.1 Å². The molecule has 0 aliphatic carbocycles. The van der Waals surface area contributed by atoms with E-state index < -0.39 is 11.7 Å². The third-order valence-electron chi connectivity index (χ3n) is 4.59. The lowest BCUT2D eigenvalue weighted by Gasteiger charge is -2.11. The van der Waals surface area contributed by atoms with E-state index in [9.17, 15) is 9.59 Å². The number of likely N-dealkylation sites (N-methyl/N-ethyl adjacent to an activating group) is 1. The van der Waals surface area contributed by atoms with Gasteiger partial charge in [-0.1, -0.05) is 36.7 Å². The first-order chi connectivity index (χ1) is 12.4. The number of carbonyl (C=O) groups excluding carboxylic acids is 2. The Bertz CT molecular complexity index is 995. The largest absolute Gasteiger partial charge is 0.361 e. The van der Waals surface area contributed by atoms with Gasteiger partial charge in [-0.3, -0.25) is 9.59 Å². The van der Waals surface area contributed by atoms with Crippen LogP contribution in [0.15, 0.2) is 28.8 Å². The molecular weight excluding hydrogens is 330 g/mol. The molecule has 136 valence electrons. The summed E-state index contributed by atoms with van der Waals surface area (Å²) in [5.74, 6) is -0.427. The van der Waals surface area contributed by atoms with Gasteiger partial charge in [0.25, 0.3) is 11.7 Å². The summed E-state index contributed by atoms with van der Waals surface area (Å²) in [5.41, 5.74) is 3.60. The summed E-state index contributed by atoms with van der Waals surface area (Å²) in [6.07, 6.45) is 1.65. The first-order valence-corrected chi connectivity index (χ1v) is 8.67. The van der Waals surface area contributed by atoms with Gasteiger partial charge in [-0.25, -0.2) is 0 Å². The van der Waals surface area contributed by atoms with Crippen molar-refractivity contribution in [3.63, 3.8) is 0 Å².